The molecule has 0 radical (unpaired) electrons. The lowest BCUT2D eigenvalue weighted by Gasteiger charge is -2.41. The molecule has 0 atom stereocenters. The molecule has 0 saturated heterocycles. The fraction of sp³-hybridized carbons (Fsp3) is 0.400. The number of thioether (sulfide) groups is 1. The molecule has 2 nitrogen and oxygen atoms in total. The molecule has 0 bridgehead atoms. The first-order chi connectivity index (χ1) is 8.42. The summed E-state index contributed by atoms with van der Waals surface area (Å²) < 4.78 is 69.4. The van der Waals surface area contributed by atoms with E-state index in [0.717, 1.165) is 13.2 Å². The van der Waals surface area contributed by atoms with E-state index >= 15 is 0 Å². The van der Waals surface area contributed by atoms with E-state index in [1.807, 2.05) is 0 Å². The molecule has 0 spiro atoms. The molecule has 1 rings (SSSR count). The molecule has 0 fully saturated rings. The van der Waals surface area contributed by atoms with Crippen molar-refractivity contribution >= 4 is 22.0 Å². The first kappa shape index (κ1) is 16.4. The van der Waals surface area contributed by atoms with Crippen LogP contribution in [0.3, 0.4) is 0 Å². The Kier molecular flexibility index (Phi) is 3.81. The Labute approximate surface area is 112 Å². The normalized spacial score (nSPS) is 15.8. The van der Waals surface area contributed by atoms with Crippen molar-refractivity contribution in [2.75, 3.05) is 19.9 Å². The lowest BCUT2D eigenvalue weighted by Crippen LogP contribution is -2.10. The van der Waals surface area contributed by atoms with Crippen molar-refractivity contribution in [3.8, 4) is 5.75 Å². The van der Waals surface area contributed by atoms with Gasteiger partial charge in [-0.2, -0.15) is 0 Å². The summed E-state index contributed by atoms with van der Waals surface area (Å²) >= 11 is 0.612. The Bertz CT molecular complexity index is 488. The molecule has 1 aromatic carbocycles. The highest BCUT2D eigenvalue weighted by Gasteiger charge is 2.66. The second-order valence-corrected chi connectivity index (χ2v) is 7.05. The highest BCUT2D eigenvalue weighted by molar-refractivity contribution is 8.45. The van der Waals surface area contributed by atoms with Crippen molar-refractivity contribution in [1.82, 2.24) is 0 Å². The summed E-state index contributed by atoms with van der Waals surface area (Å²) in [6.07, 6.45) is 1.55. The van der Waals surface area contributed by atoms with Gasteiger partial charge >= 0.3 is 10.2 Å². The third kappa shape index (κ3) is 3.90. The number of benzene rings is 1. The predicted octanol–water partition coefficient (Wildman–Crippen LogP) is 4.58. The average molecular weight is 323 g/mol. The second kappa shape index (κ2) is 4.42. The van der Waals surface area contributed by atoms with Gasteiger partial charge in [0.1, 0.15) is 10.6 Å². The zero-order valence-electron chi connectivity index (χ0n) is 10.3. The number of ether oxygens (including phenoxy) is 1. The van der Waals surface area contributed by atoms with Gasteiger partial charge in [-0.15, -0.1) is 11.8 Å². The first-order valence-electron chi connectivity index (χ1n) is 5.12. The minimum atomic E-state index is -9.74. The lowest BCUT2D eigenvalue weighted by atomic mass is 10.1. The summed E-state index contributed by atoms with van der Waals surface area (Å²) in [5.74, 6) is -0.230. The minimum Gasteiger partial charge on any atom is -0.496 e. The molecule has 0 saturated carbocycles. The van der Waals surface area contributed by atoms with Gasteiger partial charge in [0.15, 0.2) is 0 Å². The van der Waals surface area contributed by atoms with Crippen LogP contribution in [0.2, 0.25) is 0 Å². The van der Waals surface area contributed by atoms with E-state index < -0.39 is 20.0 Å². The van der Waals surface area contributed by atoms with Crippen molar-refractivity contribution < 1.29 is 24.2 Å². The van der Waals surface area contributed by atoms with E-state index in [4.69, 9.17) is 10.5 Å². The van der Waals surface area contributed by atoms with Crippen LogP contribution in [0.5, 0.6) is 5.75 Å². The molecule has 0 aliphatic heterocycles. The van der Waals surface area contributed by atoms with Crippen LogP contribution in [-0.2, 0) is 6.42 Å². The van der Waals surface area contributed by atoms with Gasteiger partial charge in [-0.1, -0.05) is 19.4 Å². The molecule has 0 aliphatic rings. The summed E-state index contributed by atoms with van der Waals surface area (Å²) in [5.41, 5.74) is 5.70. The fourth-order valence-electron chi connectivity index (χ4n) is 1.59. The molecule has 19 heavy (non-hydrogen) atoms. The van der Waals surface area contributed by atoms with E-state index in [9.17, 15) is 19.4 Å². The Morgan fingerprint density at radius 2 is 1.79 bits per heavy atom. The van der Waals surface area contributed by atoms with E-state index in [1.54, 1.807) is 0 Å². The minimum absolute atomic E-state index is 0.180. The van der Waals surface area contributed by atoms with Gasteiger partial charge in [0.05, 0.1) is 7.11 Å². The zero-order valence-corrected chi connectivity index (χ0v) is 11.9. The monoisotopic (exact) mass is 323 g/mol. The van der Waals surface area contributed by atoms with E-state index in [1.165, 1.54) is 6.26 Å². The Balaban J connectivity index is 3.60. The standard InChI is InChI=1S/C10H14F5NOS2/c1-17-8-6-10(19(11,12,13,14)15)9(18-2)5-7(8)3-4-16/h5-6H,3-4,16H2,1-2H3. The van der Waals surface area contributed by atoms with E-state index in [-0.39, 0.29) is 18.7 Å². The third-order valence-corrected chi connectivity index (χ3v) is 4.47. The molecule has 0 amide bonds. The summed E-state index contributed by atoms with van der Waals surface area (Å²) in [6.45, 7) is 0.180. The number of halogens is 5. The number of rotatable bonds is 5. The second-order valence-electron chi connectivity index (χ2n) is 3.82. The van der Waals surface area contributed by atoms with Gasteiger partial charge in [-0.05, 0) is 30.9 Å². The third-order valence-electron chi connectivity index (χ3n) is 2.40. The summed E-state index contributed by atoms with van der Waals surface area (Å²) in [5, 5.41) is 0. The molecule has 2 N–H and O–H groups in total. The molecular weight excluding hydrogens is 309 g/mol. The quantitative estimate of drug-likeness (QED) is 0.636. The maximum atomic E-state index is 12.9. The van der Waals surface area contributed by atoms with Crippen LogP contribution in [0.25, 0.3) is 0 Å². The van der Waals surface area contributed by atoms with Crippen molar-refractivity contribution in [2.45, 2.75) is 16.2 Å². The number of hydrogen-bond acceptors (Lipinski definition) is 3. The molecule has 112 valence electrons. The van der Waals surface area contributed by atoms with E-state index in [2.05, 4.69) is 0 Å². The van der Waals surface area contributed by atoms with Gasteiger partial charge < -0.3 is 10.5 Å². The SMILES string of the molecule is COc1cc(S(F)(F)(F)(F)F)c(SC)cc1CCN. The van der Waals surface area contributed by atoms with Crippen molar-refractivity contribution in [2.24, 2.45) is 5.73 Å². The largest absolute Gasteiger partial charge is 0.496 e. The molecular formula is C10H14F5NOS2. The van der Waals surface area contributed by atoms with Crippen LogP contribution in [0.15, 0.2) is 21.9 Å². The van der Waals surface area contributed by atoms with Crippen molar-refractivity contribution in [3.05, 3.63) is 17.7 Å². The maximum absolute atomic E-state index is 12.9. The van der Waals surface area contributed by atoms with Crippen LogP contribution in [0, 0.1) is 0 Å². The average Bonchev–Trinajstić information content (AvgIpc) is 2.25. The molecule has 1 aromatic rings. The van der Waals surface area contributed by atoms with Gasteiger partial charge in [-0.3, -0.25) is 0 Å². The topological polar surface area (TPSA) is 35.2 Å². The van der Waals surface area contributed by atoms with Gasteiger partial charge in [-0.25, -0.2) is 0 Å². The summed E-state index contributed by atoms with van der Waals surface area (Å²) in [4.78, 5) is -2.44. The first-order valence-corrected chi connectivity index (χ1v) is 8.29. The van der Waals surface area contributed by atoms with Gasteiger partial charge in [0.25, 0.3) is 0 Å². The number of hydrogen-bond donors (Lipinski definition) is 1. The van der Waals surface area contributed by atoms with Gasteiger partial charge in [0, 0.05) is 11.0 Å². The summed E-state index contributed by atoms with van der Waals surface area (Å²) in [6, 6.07) is 1.42. The predicted molar refractivity (Wildman–Crippen MR) is 68.9 cm³/mol. The van der Waals surface area contributed by atoms with Crippen LogP contribution >= 0.6 is 22.0 Å². The van der Waals surface area contributed by atoms with Crippen molar-refractivity contribution in [1.29, 1.82) is 0 Å². The lowest BCUT2D eigenvalue weighted by molar-refractivity contribution is 0.357. The number of methoxy groups -OCH3 is 1. The summed E-state index contributed by atoms with van der Waals surface area (Å²) in [7, 11) is -8.61. The van der Waals surface area contributed by atoms with Crippen LogP contribution in [0.1, 0.15) is 5.56 Å². The maximum Gasteiger partial charge on any atom is 0.311 e. The zero-order chi connectivity index (χ0) is 15.0. The Morgan fingerprint density at radius 3 is 2.16 bits per heavy atom. The van der Waals surface area contributed by atoms with Crippen LogP contribution in [-0.4, -0.2) is 19.9 Å². The highest BCUT2D eigenvalue weighted by Crippen LogP contribution is 3.02. The number of nitrogens with two attached hydrogens (primary N) is 1. The van der Waals surface area contributed by atoms with E-state index in [0.29, 0.717) is 23.4 Å². The Morgan fingerprint density at radius 1 is 1.21 bits per heavy atom. The Hall–Kier alpha value is -0.670. The molecule has 0 unspecified atom stereocenters. The van der Waals surface area contributed by atoms with Gasteiger partial charge in [0.2, 0.25) is 0 Å². The van der Waals surface area contributed by atoms with Crippen LogP contribution < -0.4 is 10.5 Å². The van der Waals surface area contributed by atoms with Crippen LogP contribution in [0.4, 0.5) is 19.4 Å². The molecule has 0 aromatic heterocycles. The molecule has 0 aliphatic carbocycles. The highest BCUT2D eigenvalue weighted by atomic mass is 32.5. The smallest absolute Gasteiger partial charge is 0.311 e. The molecule has 9 heteroatoms. The molecule has 0 heterocycles. The van der Waals surface area contributed by atoms with Crippen molar-refractivity contribution in [3.63, 3.8) is 0 Å². The fourth-order valence-corrected chi connectivity index (χ4v) is 3.60.